The van der Waals surface area contributed by atoms with Crippen LogP contribution in [-0.4, -0.2) is 36.0 Å². The minimum Gasteiger partial charge on any atom is -0.497 e. The Hall–Kier alpha value is -2.32. The average molecular weight is 431 g/mol. The number of methoxy groups -OCH3 is 2. The predicted molar refractivity (Wildman–Crippen MR) is 113 cm³/mol. The summed E-state index contributed by atoms with van der Waals surface area (Å²) in [6, 6.07) is 7.31. The number of aromatic nitrogens is 2. The van der Waals surface area contributed by atoms with Crippen molar-refractivity contribution in [3.05, 3.63) is 40.3 Å². The quantitative estimate of drug-likeness (QED) is 0.389. The molecule has 1 aromatic carbocycles. The number of benzene rings is 1. The number of carbonyl (C=O) groups is 1. The second kappa shape index (κ2) is 8.59. The SMILES string of the molecule is COc1ccc(C(=O)CSc2nnc(-c3cc4c(s3)CCC(C)C4)o2)c(OC)c1. The highest BCUT2D eigenvalue weighted by Gasteiger charge is 2.21. The zero-order valence-electron chi connectivity index (χ0n) is 16.6. The van der Waals surface area contributed by atoms with E-state index < -0.39 is 0 Å². The molecule has 0 aliphatic heterocycles. The first-order valence-corrected chi connectivity index (χ1v) is 11.2. The van der Waals surface area contributed by atoms with E-state index in [1.54, 1.807) is 36.6 Å². The monoisotopic (exact) mass is 430 g/mol. The fraction of sp³-hybridized carbons (Fsp3) is 0.381. The fourth-order valence-corrected chi connectivity index (χ4v) is 5.19. The summed E-state index contributed by atoms with van der Waals surface area (Å²) in [7, 11) is 3.11. The van der Waals surface area contributed by atoms with E-state index in [0.29, 0.717) is 28.2 Å². The molecular weight excluding hydrogens is 408 g/mol. The number of nitrogens with zero attached hydrogens (tertiary/aromatic N) is 2. The molecule has 0 saturated heterocycles. The van der Waals surface area contributed by atoms with Crippen LogP contribution in [0.5, 0.6) is 11.5 Å². The zero-order chi connectivity index (χ0) is 20.4. The van der Waals surface area contributed by atoms with Crippen molar-refractivity contribution < 1.29 is 18.7 Å². The lowest BCUT2D eigenvalue weighted by Gasteiger charge is -2.16. The molecule has 0 bridgehead atoms. The third-order valence-electron chi connectivity index (χ3n) is 4.98. The molecule has 1 unspecified atom stereocenters. The Labute approximate surface area is 177 Å². The van der Waals surface area contributed by atoms with Crippen molar-refractivity contribution in [2.24, 2.45) is 5.92 Å². The lowest BCUT2D eigenvalue weighted by Crippen LogP contribution is -2.07. The molecule has 29 heavy (non-hydrogen) atoms. The van der Waals surface area contributed by atoms with E-state index in [0.717, 1.165) is 23.6 Å². The number of hydrogen-bond donors (Lipinski definition) is 0. The fourth-order valence-electron chi connectivity index (χ4n) is 3.41. The number of thiophene rings is 1. The van der Waals surface area contributed by atoms with E-state index in [4.69, 9.17) is 13.9 Å². The molecule has 0 fully saturated rings. The van der Waals surface area contributed by atoms with Crippen LogP contribution in [0.2, 0.25) is 0 Å². The van der Waals surface area contributed by atoms with Gasteiger partial charge in [0.15, 0.2) is 5.78 Å². The van der Waals surface area contributed by atoms with E-state index in [1.165, 1.54) is 35.7 Å². The summed E-state index contributed by atoms with van der Waals surface area (Å²) in [5, 5.41) is 8.66. The van der Waals surface area contributed by atoms with Crippen LogP contribution in [0.25, 0.3) is 10.8 Å². The Bertz CT molecular complexity index is 1030. The second-order valence-electron chi connectivity index (χ2n) is 7.06. The number of ketones is 1. The number of hydrogen-bond acceptors (Lipinski definition) is 8. The summed E-state index contributed by atoms with van der Waals surface area (Å²) in [5.74, 6) is 2.48. The maximum Gasteiger partial charge on any atom is 0.277 e. The highest BCUT2D eigenvalue weighted by atomic mass is 32.2. The summed E-state index contributed by atoms with van der Waals surface area (Å²) in [6.45, 7) is 2.29. The van der Waals surface area contributed by atoms with E-state index in [2.05, 4.69) is 23.2 Å². The predicted octanol–water partition coefficient (Wildman–Crippen LogP) is 4.92. The Balaban J connectivity index is 1.43. The van der Waals surface area contributed by atoms with Crippen LogP contribution in [0.1, 0.15) is 34.1 Å². The summed E-state index contributed by atoms with van der Waals surface area (Å²) in [6.07, 6.45) is 3.46. The molecule has 0 radical (unpaired) electrons. The molecule has 1 atom stereocenters. The van der Waals surface area contributed by atoms with Gasteiger partial charge in [-0.1, -0.05) is 18.7 Å². The summed E-state index contributed by atoms with van der Waals surface area (Å²) in [5.41, 5.74) is 1.90. The third kappa shape index (κ3) is 4.33. The Morgan fingerprint density at radius 2 is 2.14 bits per heavy atom. The van der Waals surface area contributed by atoms with Crippen molar-refractivity contribution in [1.82, 2.24) is 10.2 Å². The van der Waals surface area contributed by atoms with Crippen LogP contribution in [0.3, 0.4) is 0 Å². The first-order chi connectivity index (χ1) is 14.1. The Kier molecular flexibility index (Phi) is 5.91. The molecular formula is C21H22N2O4S2. The van der Waals surface area contributed by atoms with Gasteiger partial charge in [-0.2, -0.15) is 0 Å². The highest BCUT2D eigenvalue weighted by molar-refractivity contribution is 7.99. The van der Waals surface area contributed by atoms with Gasteiger partial charge in [0.1, 0.15) is 11.5 Å². The van der Waals surface area contributed by atoms with Crippen molar-refractivity contribution in [1.29, 1.82) is 0 Å². The first-order valence-electron chi connectivity index (χ1n) is 9.41. The number of fused-ring (bicyclic) bond motifs is 1. The van der Waals surface area contributed by atoms with Gasteiger partial charge < -0.3 is 13.9 Å². The molecule has 8 heteroatoms. The molecule has 4 rings (SSSR count). The molecule has 6 nitrogen and oxygen atoms in total. The lowest BCUT2D eigenvalue weighted by atomic mass is 9.90. The van der Waals surface area contributed by atoms with Gasteiger partial charge in [0.25, 0.3) is 11.1 Å². The number of Topliss-reactive ketones (excluding diaryl/α,β-unsaturated/α-hetero) is 1. The van der Waals surface area contributed by atoms with Gasteiger partial charge in [-0.25, -0.2) is 0 Å². The first kappa shape index (κ1) is 20.0. The Morgan fingerprint density at radius 1 is 1.28 bits per heavy atom. The number of ether oxygens (including phenoxy) is 2. The molecule has 1 aliphatic rings. The Morgan fingerprint density at radius 3 is 2.93 bits per heavy atom. The van der Waals surface area contributed by atoms with Crippen molar-refractivity contribution in [3.63, 3.8) is 0 Å². The largest absolute Gasteiger partial charge is 0.497 e. The van der Waals surface area contributed by atoms with E-state index in [-0.39, 0.29) is 11.5 Å². The summed E-state index contributed by atoms with van der Waals surface area (Å²) in [4.78, 5) is 15.0. The topological polar surface area (TPSA) is 74.5 Å². The van der Waals surface area contributed by atoms with Gasteiger partial charge in [-0.15, -0.1) is 21.5 Å². The minimum absolute atomic E-state index is 0.0742. The van der Waals surface area contributed by atoms with Gasteiger partial charge in [0.2, 0.25) is 0 Å². The molecule has 2 heterocycles. The molecule has 0 saturated carbocycles. The van der Waals surface area contributed by atoms with Crippen LogP contribution in [0.15, 0.2) is 33.9 Å². The van der Waals surface area contributed by atoms with Crippen LogP contribution >= 0.6 is 23.1 Å². The van der Waals surface area contributed by atoms with Gasteiger partial charge in [0.05, 0.1) is 30.4 Å². The maximum absolute atomic E-state index is 12.6. The van der Waals surface area contributed by atoms with Crippen LogP contribution in [0.4, 0.5) is 0 Å². The molecule has 0 amide bonds. The third-order valence-corrected chi connectivity index (χ3v) is 7.03. The molecule has 2 aromatic heterocycles. The van der Waals surface area contributed by atoms with Crippen molar-refractivity contribution in [2.75, 3.05) is 20.0 Å². The van der Waals surface area contributed by atoms with Gasteiger partial charge >= 0.3 is 0 Å². The van der Waals surface area contributed by atoms with Crippen molar-refractivity contribution in [3.8, 4) is 22.3 Å². The van der Waals surface area contributed by atoms with Crippen LogP contribution in [-0.2, 0) is 12.8 Å². The molecule has 0 N–H and O–H groups in total. The van der Waals surface area contributed by atoms with Crippen LogP contribution in [0, 0.1) is 5.92 Å². The minimum atomic E-state index is -0.0742. The van der Waals surface area contributed by atoms with Crippen molar-refractivity contribution in [2.45, 2.75) is 31.4 Å². The average Bonchev–Trinajstić information content (AvgIpc) is 3.37. The molecule has 3 aromatic rings. The summed E-state index contributed by atoms with van der Waals surface area (Å²) >= 11 is 2.96. The smallest absolute Gasteiger partial charge is 0.277 e. The second-order valence-corrected chi connectivity index (χ2v) is 9.12. The number of aryl methyl sites for hydroxylation is 1. The maximum atomic E-state index is 12.6. The number of rotatable bonds is 7. The molecule has 152 valence electrons. The standard InChI is InChI=1S/C21H22N2O4S2/c1-12-4-7-18-13(8-12)9-19(29-18)20-22-23-21(27-20)28-11-16(24)15-6-5-14(25-2)10-17(15)26-3/h5-6,9-10,12H,4,7-8,11H2,1-3H3. The van der Waals surface area contributed by atoms with E-state index >= 15 is 0 Å². The highest BCUT2D eigenvalue weighted by Crippen LogP contribution is 2.37. The zero-order valence-corrected chi connectivity index (χ0v) is 18.2. The number of carbonyl (C=O) groups excluding carboxylic acids is 1. The van der Waals surface area contributed by atoms with Gasteiger partial charge in [-0.05, 0) is 48.9 Å². The van der Waals surface area contributed by atoms with Gasteiger partial charge in [0, 0.05) is 10.9 Å². The normalized spacial score (nSPS) is 15.8. The number of thioether (sulfide) groups is 1. The molecule has 1 aliphatic carbocycles. The summed E-state index contributed by atoms with van der Waals surface area (Å²) < 4.78 is 16.3. The lowest BCUT2D eigenvalue weighted by molar-refractivity contribution is 0.101. The molecule has 0 spiro atoms. The van der Waals surface area contributed by atoms with Gasteiger partial charge in [-0.3, -0.25) is 4.79 Å². The van der Waals surface area contributed by atoms with E-state index in [1.807, 2.05) is 0 Å². The van der Waals surface area contributed by atoms with Crippen LogP contribution < -0.4 is 9.47 Å². The van der Waals surface area contributed by atoms with Crippen molar-refractivity contribution >= 4 is 28.9 Å². The van der Waals surface area contributed by atoms with E-state index in [9.17, 15) is 4.79 Å².